The van der Waals surface area contributed by atoms with Gasteiger partial charge in [0.05, 0.1) is 9.83 Å². The zero-order chi connectivity index (χ0) is 20.4. The lowest BCUT2D eigenvalue weighted by molar-refractivity contribution is -0.384. The second-order valence-electron chi connectivity index (χ2n) is 6.97. The van der Waals surface area contributed by atoms with Gasteiger partial charge in [0.2, 0.25) is 0 Å². The van der Waals surface area contributed by atoms with E-state index in [9.17, 15) is 14.9 Å². The number of carbonyl (C=O) groups excluding carboxylic acids is 1. The van der Waals surface area contributed by atoms with Crippen molar-refractivity contribution in [2.75, 3.05) is 31.1 Å². The van der Waals surface area contributed by atoms with Crippen molar-refractivity contribution in [3.63, 3.8) is 0 Å². The summed E-state index contributed by atoms with van der Waals surface area (Å²) in [5.74, 6) is -0.294. The van der Waals surface area contributed by atoms with Gasteiger partial charge in [-0.15, -0.1) is 0 Å². The first kappa shape index (κ1) is 19.2. The van der Waals surface area contributed by atoms with Gasteiger partial charge in [-0.1, -0.05) is 29.8 Å². The minimum Gasteiger partial charge on any atom is -0.368 e. The fourth-order valence-electron chi connectivity index (χ4n) is 3.32. The molecule has 2 aliphatic heterocycles. The fourth-order valence-corrected chi connectivity index (χ4v) is 4.29. The van der Waals surface area contributed by atoms with Crippen LogP contribution in [-0.4, -0.2) is 47.1 Å². The Morgan fingerprint density at radius 2 is 1.76 bits per heavy atom. The number of carbonyl (C=O) groups is 1. The van der Waals surface area contributed by atoms with E-state index < -0.39 is 4.92 Å². The Balaban J connectivity index is 1.41. The van der Waals surface area contributed by atoms with Crippen molar-refractivity contribution in [1.29, 1.82) is 0 Å². The maximum absolute atomic E-state index is 12.3. The van der Waals surface area contributed by atoms with Crippen molar-refractivity contribution < 1.29 is 9.72 Å². The van der Waals surface area contributed by atoms with Crippen LogP contribution in [0.3, 0.4) is 0 Å². The summed E-state index contributed by atoms with van der Waals surface area (Å²) < 4.78 is 0. The minimum atomic E-state index is -0.443. The van der Waals surface area contributed by atoms with Crippen LogP contribution in [0.15, 0.2) is 58.4 Å². The van der Waals surface area contributed by atoms with E-state index in [0.717, 1.165) is 26.2 Å². The number of nitrogens with zero attached hydrogens (tertiary/aromatic N) is 4. The van der Waals surface area contributed by atoms with E-state index in [1.54, 1.807) is 18.2 Å². The standard InChI is InChI=1S/C21H20N4O3S/c1-15-5-7-17(8-6-15)23-9-11-24(12-10-23)21-22-20(26)19(29-21)14-16-3-2-4-18(13-16)25(27)28/h2-8,13-14H,9-12H2,1H3. The van der Waals surface area contributed by atoms with Crippen LogP contribution < -0.4 is 4.90 Å². The van der Waals surface area contributed by atoms with E-state index in [1.807, 2.05) is 0 Å². The Kier molecular flexibility index (Phi) is 5.35. The second kappa shape index (κ2) is 8.08. The predicted molar refractivity (Wildman–Crippen MR) is 116 cm³/mol. The SMILES string of the molecule is Cc1ccc(N2CCN(C3=NC(=O)C(=Cc4cccc([N+](=O)[O-])c4)S3)CC2)cc1. The van der Waals surface area contributed by atoms with Gasteiger partial charge in [-0.2, -0.15) is 4.99 Å². The van der Waals surface area contributed by atoms with E-state index in [4.69, 9.17) is 0 Å². The van der Waals surface area contributed by atoms with E-state index in [-0.39, 0.29) is 11.6 Å². The van der Waals surface area contributed by atoms with Crippen molar-refractivity contribution in [3.8, 4) is 0 Å². The zero-order valence-corrected chi connectivity index (χ0v) is 16.8. The zero-order valence-electron chi connectivity index (χ0n) is 15.9. The van der Waals surface area contributed by atoms with Gasteiger partial charge in [-0.05, 0) is 42.5 Å². The number of hydrogen-bond donors (Lipinski definition) is 0. The number of nitro benzene ring substituents is 1. The molecule has 0 bridgehead atoms. The topological polar surface area (TPSA) is 79.0 Å². The van der Waals surface area contributed by atoms with Gasteiger partial charge >= 0.3 is 0 Å². The molecule has 2 heterocycles. The Labute approximate surface area is 172 Å². The Morgan fingerprint density at radius 3 is 2.45 bits per heavy atom. The number of aliphatic imine (C=N–C) groups is 1. The minimum absolute atomic E-state index is 0.00293. The number of thioether (sulfide) groups is 1. The van der Waals surface area contributed by atoms with Gasteiger partial charge in [0.25, 0.3) is 11.6 Å². The number of benzene rings is 2. The van der Waals surface area contributed by atoms with Crippen LogP contribution in [0.2, 0.25) is 0 Å². The summed E-state index contributed by atoms with van der Waals surface area (Å²) >= 11 is 1.33. The van der Waals surface area contributed by atoms with Gasteiger partial charge in [0, 0.05) is 44.0 Å². The molecule has 0 spiro atoms. The van der Waals surface area contributed by atoms with Gasteiger partial charge in [-0.3, -0.25) is 14.9 Å². The summed E-state index contributed by atoms with van der Waals surface area (Å²) in [4.78, 5) is 32.0. The summed E-state index contributed by atoms with van der Waals surface area (Å²) in [6.07, 6.45) is 1.67. The summed E-state index contributed by atoms with van der Waals surface area (Å²) in [6.45, 7) is 5.38. The largest absolute Gasteiger partial charge is 0.368 e. The molecular weight excluding hydrogens is 388 g/mol. The summed E-state index contributed by atoms with van der Waals surface area (Å²) in [7, 11) is 0. The van der Waals surface area contributed by atoms with Crippen LogP contribution in [-0.2, 0) is 4.79 Å². The molecule has 4 rings (SSSR count). The highest BCUT2D eigenvalue weighted by Gasteiger charge is 2.28. The number of aryl methyl sites for hydroxylation is 1. The predicted octanol–water partition coefficient (Wildman–Crippen LogP) is 3.70. The number of rotatable bonds is 3. The average Bonchev–Trinajstić information content (AvgIpc) is 3.09. The summed E-state index contributed by atoms with van der Waals surface area (Å²) in [5.41, 5.74) is 3.07. The number of non-ortho nitro benzene ring substituents is 1. The molecule has 1 saturated heterocycles. The van der Waals surface area contributed by atoms with Crippen molar-refractivity contribution in [2.24, 2.45) is 4.99 Å². The first-order valence-electron chi connectivity index (χ1n) is 9.33. The lowest BCUT2D eigenvalue weighted by Crippen LogP contribution is -2.47. The van der Waals surface area contributed by atoms with Crippen LogP contribution in [0.4, 0.5) is 11.4 Å². The molecular formula is C21H20N4O3S. The molecule has 2 aromatic rings. The molecule has 1 fully saturated rings. The lowest BCUT2D eigenvalue weighted by Gasteiger charge is -2.36. The molecule has 0 radical (unpaired) electrons. The number of amides is 1. The van der Waals surface area contributed by atoms with Crippen LogP contribution >= 0.6 is 11.8 Å². The third-order valence-electron chi connectivity index (χ3n) is 4.94. The first-order valence-corrected chi connectivity index (χ1v) is 10.1. The Morgan fingerprint density at radius 1 is 1.07 bits per heavy atom. The Hall–Kier alpha value is -3.13. The smallest absolute Gasteiger partial charge is 0.286 e. The maximum atomic E-state index is 12.3. The van der Waals surface area contributed by atoms with Crippen molar-refractivity contribution in [1.82, 2.24) is 4.90 Å². The van der Waals surface area contributed by atoms with Gasteiger partial charge < -0.3 is 9.80 Å². The molecule has 0 saturated carbocycles. The molecule has 29 heavy (non-hydrogen) atoms. The number of piperazine rings is 1. The molecule has 0 atom stereocenters. The average molecular weight is 408 g/mol. The third kappa shape index (κ3) is 4.32. The van der Waals surface area contributed by atoms with Crippen LogP contribution in [0.1, 0.15) is 11.1 Å². The van der Waals surface area contributed by atoms with Crippen molar-refractivity contribution in [2.45, 2.75) is 6.92 Å². The highest BCUT2D eigenvalue weighted by molar-refractivity contribution is 8.18. The molecule has 0 N–H and O–H groups in total. The molecule has 0 unspecified atom stereocenters. The number of hydrogen-bond acceptors (Lipinski definition) is 6. The molecule has 8 heteroatoms. The number of amidine groups is 1. The van der Waals surface area contributed by atoms with Gasteiger partial charge in [0.15, 0.2) is 5.17 Å². The highest BCUT2D eigenvalue weighted by Crippen LogP contribution is 2.31. The highest BCUT2D eigenvalue weighted by atomic mass is 32.2. The third-order valence-corrected chi connectivity index (χ3v) is 5.98. The quantitative estimate of drug-likeness (QED) is 0.438. The summed E-state index contributed by atoms with van der Waals surface area (Å²) in [5, 5.41) is 11.6. The normalized spacial score (nSPS) is 18.3. The fraction of sp³-hybridized carbons (Fsp3) is 0.238. The van der Waals surface area contributed by atoms with E-state index >= 15 is 0 Å². The van der Waals surface area contributed by atoms with Gasteiger partial charge in [0.1, 0.15) is 0 Å². The molecule has 0 aliphatic carbocycles. The molecule has 2 aliphatic rings. The molecule has 0 aromatic heterocycles. The molecule has 2 aromatic carbocycles. The monoisotopic (exact) mass is 408 g/mol. The van der Waals surface area contributed by atoms with Crippen LogP contribution in [0, 0.1) is 17.0 Å². The molecule has 148 valence electrons. The van der Waals surface area contributed by atoms with E-state index in [0.29, 0.717) is 15.6 Å². The second-order valence-corrected chi connectivity index (χ2v) is 7.98. The van der Waals surface area contributed by atoms with Crippen LogP contribution in [0.5, 0.6) is 0 Å². The molecule has 1 amide bonds. The number of anilines is 1. The first-order chi connectivity index (χ1) is 14.0. The number of nitro groups is 1. The van der Waals surface area contributed by atoms with Crippen molar-refractivity contribution >= 4 is 40.3 Å². The van der Waals surface area contributed by atoms with Gasteiger partial charge in [-0.25, -0.2) is 0 Å². The van der Waals surface area contributed by atoms with E-state index in [2.05, 4.69) is 46.0 Å². The maximum Gasteiger partial charge on any atom is 0.286 e. The summed E-state index contributed by atoms with van der Waals surface area (Å²) in [6, 6.07) is 14.7. The molecule has 7 nitrogen and oxygen atoms in total. The van der Waals surface area contributed by atoms with Crippen LogP contribution in [0.25, 0.3) is 6.08 Å². The van der Waals surface area contributed by atoms with Crippen molar-refractivity contribution in [3.05, 3.63) is 74.7 Å². The van der Waals surface area contributed by atoms with E-state index in [1.165, 1.54) is 35.1 Å². The lowest BCUT2D eigenvalue weighted by atomic mass is 10.2. The Bertz CT molecular complexity index is 1010.